The van der Waals surface area contributed by atoms with Crippen molar-refractivity contribution in [1.29, 1.82) is 0 Å². The summed E-state index contributed by atoms with van der Waals surface area (Å²) in [7, 11) is 0. The van der Waals surface area contributed by atoms with Crippen LogP contribution in [-0.2, 0) is 5.41 Å². The van der Waals surface area contributed by atoms with Crippen LogP contribution in [0.3, 0.4) is 0 Å². The predicted molar refractivity (Wildman–Crippen MR) is 69.4 cm³/mol. The summed E-state index contributed by atoms with van der Waals surface area (Å²) in [6.45, 7) is 4.75. The minimum Gasteiger partial charge on any atom is -0.483 e. The van der Waals surface area contributed by atoms with Gasteiger partial charge in [0.15, 0.2) is 6.61 Å². The molecule has 0 spiro atoms. The van der Waals surface area contributed by atoms with Crippen molar-refractivity contribution < 1.29 is 17.9 Å². The van der Waals surface area contributed by atoms with Crippen molar-refractivity contribution in [3.05, 3.63) is 27.3 Å². The molecule has 1 aromatic rings. The van der Waals surface area contributed by atoms with E-state index in [1.165, 1.54) is 0 Å². The molecule has 0 N–H and O–H groups in total. The van der Waals surface area contributed by atoms with Crippen molar-refractivity contribution in [1.82, 2.24) is 0 Å². The number of halogens is 4. The fourth-order valence-electron chi connectivity index (χ4n) is 1.24. The first-order chi connectivity index (χ1) is 7.59. The highest BCUT2D eigenvalue weighted by atomic mass is 127. The maximum atomic E-state index is 12.1. The number of benzene rings is 1. The summed E-state index contributed by atoms with van der Waals surface area (Å²) >= 11 is 1.96. The number of rotatable bonds is 2. The molecular weight excluding hydrogens is 344 g/mol. The molecule has 1 nitrogen and oxygen atoms in total. The molecule has 0 fully saturated rings. The predicted octanol–water partition coefficient (Wildman–Crippen LogP) is 4.53. The molecule has 0 aliphatic carbocycles. The Kier molecular flexibility index (Phi) is 4.33. The molecule has 0 aromatic heterocycles. The summed E-state index contributed by atoms with van der Waals surface area (Å²) in [5.41, 5.74) is 0.843. The number of hydrogen-bond donors (Lipinski definition) is 0. The van der Waals surface area contributed by atoms with Crippen LogP contribution < -0.4 is 4.74 Å². The van der Waals surface area contributed by atoms with Crippen LogP contribution in [0.5, 0.6) is 5.75 Å². The molecule has 17 heavy (non-hydrogen) atoms. The summed E-state index contributed by atoms with van der Waals surface area (Å²) in [5, 5.41) is 0. The number of alkyl halides is 3. The summed E-state index contributed by atoms with van der Waals surface area (Å²) in [6, 6.07) is 5.35. The van der Waals surface area contributed by atoms with Crippen LogP contribution in [0.15, 0.2) is 18.2 Å². The maximum Gasteiger partial charge on any atom is 0.422 e. The molecule has 0 saturated carbocycles. The van der Waals surface area contributed by atoms with E-state index in [4.69, 9.17) is 4.74 Å². The average Bonchev–Trinajstić information content (AvgIpc) is 2.13. The Morgan fingerprint density at radius 3 is 2.24 bits per heavy atom. The van der Waals surface area contributed by atoms with Gasteiger partial charge in [0, 0.05) is 0 Å². The van der Waals surface area contributed by atoms with E-state index in [-0.39, 0.29) is 11.2 Å². The lowest BCUT2D eigenvalue weighted by Crippen LogP contribution is -2.20. The minimum absolute atomic E-state index is 0.110. The van der Waals surface area contributed by atoms with Crippen LogP contribution in [0.25, 0.3) is 0 Å². The minimum atomic E-state index is -4.30. The molecule has 1 rings (SSSR count). The smallest absolute Gasteiger partial charge is 0.422 e. The van der Waals surface area contributed by atoms with Crippen LogP contribution in [0.4, 0.5) is 13.2 Å². The lowest BCUT2D eigenvalue weighted by atomic mass is 9.87. The quantitative estimate of drug-likeness (QED) is 0.706. The first-order valence-electron chi connectivity index (χ1n) is 5.09. The lowest BCUT2D eigenvalue weighted by molar-refractivity contribution is -0.153. The highest BCUT2D eigenvalue weighted by Crippen LogP contribution is 2.30. The zero-order chi connectivity index (χ0) is 13.3. The first kappa shape index (κ1) is 14.6. The molecule has 0 amide bonds. The second-order valence-corrected chi connectivity index (χ2v) is 5.96. The fraction of sp³-hybridized carbons (Fsp3) is 0.500. The SMILES string of the molecule is CC(C)(C)c1ccc(I)c(OCC(F)(F)F)c1. The van der Waals surface area contributed by atoms with Gasteiger partial charge < -0.3 is 4.74 Å². The third kappa shape index (κ3) is 4.73. The zero-order valence-electron chi connectivity index (χ0n) is 9.86. The Bertz CT molecular complexity index is 394. The topological polar surface area (TPSA) is 9.23 Å². The van der Waals surface area contributed by atoms with Gasteiger partial charge in [0.25, 0.3) is 0 Å². The Balaban J connectivity index is 2.92. The van der Waals surface area contributed by atoms with Crippen LogP contribution >= 0.6 is 22.6 Å². The van der Waals surface area contributed by atoms with Crippen LogP contribution in [0, 0.1) is 3.57 Å². The van der Waals surface area contributed by atoms with Gasteiger partial charge in [0.2, 0.25) is 0 Å². The highest BCUT2D eigenvalue weighted by Gasteiger charge is 2.29. The largest absolute Gasteiger partial charge is 0.483 e. The van der Waals surface area contributed by atoms with E-state index in [0.29, 0.717) is 3.57 Å². The Labute approximate surface area is 112 Å². The van der Waals surface area contributed by atoms with E-state index in [2.05, 4.69) is 0 Å². The molecule has 0 heterocycles. The zero-order valence-corrected chi connectivity index (χ0v) is 12.0. The summed E-state index contributed by atoms with van der Waals surface area (Å²) in [5.74, 6) is 0.287. The summed E-state index contributed by atoms with van der Waals surface area (Å²) in [6.07, 6.45) is -4.30. The van der Waals surface area contributed by atoms with Crippen molar-refractivity contribution in [3.8, 4) is 5.75 Å². The molecule has 5 heteroatoms. The second-order valence-electron chi connectivity index (χ2n) is 4.80. The standard InChI is InChI=1S/C12H14F3IO/c1-11(2,3)8-4-5-9(16)10(6-8)17-7-12(13,14)15/h4-6H,7H2,1-3H3. The molecule has 96 valence electrons. The van der Waals surface area contributed by atoms with Gasteiger partial charge in [-0.3, -0.25) is 0 Å². The van der Waals surface area contributed by atoms with E-state index >= 15 is 0 Å². The van der Waals surface area contributed by atoms with E-state index in [1.54, 1.807) is 12.1 Å². The van der Waals surface area contributed by atoms with Gasteiger partial charge in [0.05, 0.1) is 3.57 Å². The molecular formula is C12H14F3IO. The first-order valence-corrected chi connectivity index (χ1v) is 6.17. The second kappa shape index (κ2) is 5.04. The van der Waals surface area contributed by atoms with Crippen LogP contribution in [0.2, 0.25) is 0 Å². The van der Waals surface area contributed by atoms with Gasteiger partial charge in [-0.25, -0.2) is 0 Å². The molecule has 0 saturated heterocycles. The molecule has 0 atom stereocenters. The van der Waals surface area contributed by atoms with E-state index in [1.807, 2.05) is 49.4 Å². The van der Waals surface area contributed by atoms with Crippen molar-refractivity contribution in [2.45, 2.75) is 32.4 Å². The van der Waals surface area contributed by atoms with E-state index in [9.17, 15) is 13.2 Å². The third-order valence-electron chi connectivity index (χ3n) is 2.19. The monoisotopic (exact) mass is 358 g/mol. The lowest BCUT2D eigenvalue weighted by Gasteiger charge is -2.20. The van der Waals surface area contributed by atoms with Gasteiger partial charge in [-0.1, -0.05) is 26.8 Å². The molecule has 0 radical (unpaired) electrons. The Morgan fingerprint density at radius 1 is 1.18 bits per heavy atom. The molecule has 0 bridgehead atoms. The van der Waals surface area contributed by atoms with Crippen molar-refractivity contribution in [2.75, 3.05) is 6.61 Å². The van der Waals surface area contributed by atoms with Crippen LogP contribution in [0.1, 0.15) is 26.3 Å². The summed E-state index contributed by atoms with van der Waals surface area (Å²) in [4.78, 5) is 0. The maximum absolute atomic E-state index is 12.1. The van der Waals surface area contributed by atoms with Gasteiger partial charge in [-0.15, -0.1) is 0 Å². The normalized spacial score (nSPS) is 12.6. The molecule has 0 unspecified atom stereocenters. The van der Waals surface area contributed by atoms with Gasteiger partial charge >= 0.3 is 6.18 Å². The van der Waals surface area contributed by atoms with Crippen molar-refractivity contribution >= 4 is 22.6 Å². The Hall–Kier alpha value is -0.460. The fourth-order valence-corrected chi connectivity index (χ4v) is 1.73. The van der Waals surface area contributed by atoms with Gasteiger partial charge in [0.1, 0.15) is 5.75 Å². The summed E-state index contributed by atoms with van der Waals surface area (Å²) < 4.78 is 41.7. The average molecular weight is 358 g/mol. The Morgan fingerprint density at radius 2 is 1.76 bits per heavy atom. The highest BCUT2D eigenvalue weighted by molar-refractivity contribution is 14.1. The number of ether oxygens (including phenoxy) is 1. The number of hydrogen-bond acceptors (Lipinski definition) is 1. The third-order valence-corrected chi connectivity index (χ3v) is 3.08. The van der Waals surface area contributed by atoms with Crippen molar-refractivity contribution in [3.63, 3.8) is 0 Å². The van der Waals surface area contributed by atoms with Crippen molar-refractivity contribution in [2.24, 2.45) is 0 Å². The van der Waals surface area contributed by atoms with Crippen LogP contribution in [-0.4, -0.2) is 12.8 Å². The van der Waals surface area contributed by atoms with Gasteiger partial charge in [-0.2, -0.15) is 13.2 Å². The van der Waals surface area contributed by atoms with E-state index < -0.39 is 12.8 Å². The molecule has 1 aromatic carbocycles. The van der Waals surface area contributed by atoms with Gasteiger partial charge in [-0.05, 0) is 45.7 Å². The molecule has 0 aliphatic rings. The molecule has 0 aliphatic heterocycles. The van der Waals surface area contributed by atoms with E-state index in [0.717, 1.165) is 5.56 Å².